The predicted molar refractivity (Wildman–Crippen MR) is 137 cm³/mol. The highest BCUT2D eigenvalue weighted by Crippen LogP contribution is 2.43. The summed E-state index contributed by atoms with van der Waals surface area (Å²) in [6.45, 7) is 6.80. The molecular formula is C27H49Cl2NO3. The highest BCUT2D eigenvalue weighted by molar-refractivity contribution is 6.20. The third kappa shape index (κ3) is 8.22. The van der Waals surface area contributed by atoms with Crippen LogP contribution in [0.5, 0.6) is 0 Å². The van der Waals surface area contributed by atoms with E-state index in [4.69, 9.17) is 23.2 Å². The van der Waals surface area contributed by atoms with Crippen LogP contribution in [0, 0.1) is 41.4 Å². The second kappa shape index (κ2) is 13.1. The van der Waals surface area contributed by atoms with Crippen LogP contribution in [-0.4, -0.2) is 44.6 Å². The molecule has 0 aliphatic heterocycles. The molecule has 0 bridgehead atoms. The van der Waals surface area contributed by atoms with Crippen LogP contribution in [-0.2, 0) is 0 Å². The Bertz CT molecular complexity index is 562. The van der Waals surface area contributed by atoms with E-state index in [2.05, 4.69) is 26.1 Å². The molecule has 0 spiro atoms. The summed E-state index contributed by atoms with van der Waals surface area (Å²) in [7, 11) is 0. The highest BCUT2D eigenvalue weighted by atomic mass is 35.5. The van der Waals surface area contributed by atoms with Crippen LogP contribution in [0.15, 0.2) is 0 Å². The minimum Gasteiger partial charge on any atom is -0.378 e. The van der Waals surface area contributed by atoms with E-state index in [1.807, 2.05) is 0 Å². The molecule has 0 amide bonds. The molecule has 33 heavy (non-hydrogen) atoms. The molecule has 0 aromatic rings. The summed E-state index contributed by atoms with van der Waals surface area (Å²) in [6.07, 6.45) is 11.6. The Balaban J connectivity index is 1.47. The molecule has 3 rings (SSSR count). The Morgan fingerprint density at radius 1 is 0.727 bits per heavy atom. The molecule has 0 aromatic carbocycles. The quantitative estimate of drug-likeness (QED) is 0.233. The SMILES string of the molecule is CC(C)[C@@H](NC(O)C1CC(Cl)CC(C(O)O)C1)C(C)CC1CCC(C2CCC(Cl)CC2)CC1. The van der Waals surface area contributed by atoms with Gasteiger partial charge in [0.15, 0.2) is 6.29 Å². The number of halogens is 2. The zero-order valence-corrected chi connectivity index (χ0v) is 22.5. The average Bonchev–Trinajstić information content (AvgIpc) is 2.77. The predicted octanol–water partition coefficient (Wildman–Crippen LogP) is 5.88. The van der Waals surface area contributed by atoms with Gasteiger partial charge in [0.2, 0.25) is 0 Å². The third-order valence-corrected chi connectivity index (χ3v) is 10.0. The van der Waals surface area contributed by atoms with Gasteiger partial charge in [-0.3, -0.25) is 5.32 Å². The molecule has 3 aliphatic carbocycles. The molecule has 3 saturated carbocycles. The van der Waals surface area contributed by atoms with Crippen LogP contribution < -0.4 is 5.32 Å². The number of hydrogen-bond donors (Lipinski definition) is 4. The third-order valence-electron chi connectivity index (χ3n) is 9.25. The first-order valence-electron chi connectivity index (χ1n) is 13.7. The van der Waals surface area contributed by atoms with Gasteiger partial charge in [0.25, 0.3) is 0 Å². The Kier molecular flexibility index (Phi) is 11.1. The summed E-state index contributed by atoms with van der Waals surface area (Å²) in [6, 6.07) is 0.241. The van der Waals surface area contributed by atoms with Gasteiger partial charge in [0, 0.05) is 28.6 Å². The van der Waals surface area contributed by atoms with Crippen molar-refractivity contribution in [2.45, 2.75) is 127 Å². The zero-order chi connectivity index (χ0) is 24.1. The number of alkyl halides is 2. The van der Waals surface area contributed by atoms with Crippen molar-refractivity contribution >= 4 is 23.2 Å². The summed E-state index contributed by atoms with van der Waals surface area (Å²) in [4.78, 5) is 0. The van der Waals surface area contributed by atoms with Gasteiger partial charge in [-0.15, -0.1) is 23.2 Å². The number of aliphatic hydroxyl groups excluding tert-OH is 2. The fourth-order valence-electron chi connectivity index (χ4n) is 7.30. The van der Waals surface area contributed by atoms with Crippen molar-refractivity contribution < 1.29 is 15.3 Å². The van der Waals surface area contributed by atoms with E-state index >= 15 is 0 Å². The molecule has 6 heteroatoms. The van der Waals surface area contributed by atoms with Crippen molar-refractivity contribution in [3.8, 4) is 0 Å². The van der Waals surface area contributed by atoms with Crippen LogP contribution in [0.2, 0.25) is 0 Å². The molecule has 0 radical (unpaired) electrons. The van der Waals surface area contributed by atoms with E-state index in [9.17, 15) is 15.3 Å². The van der Waals surface area contributed by atoms with E-state index in [0.717, 1.165) is 17.8 Å². The molecule has 4 N–H and O–H groups in total. The summed E-state index contributed by atoms with van der Waals surface area (Å²) < 4.78 is 0. The number of aliphatic hydroxyl groups is 3. The first-order chi connectivity index (χ1) is 15.6. The van der Waals surface area contributed by atoms with E-state index in [1.54, 1.807) is 0 Å². The minimum absolute atomic E-state index is 0.0417. The number of rotatable bonds is 9. The van der Waals surface area contributed by atoms with Gasteiger partial charge in [-0.25, -0.2) is 0 Å². The summed E-state index contributed by atoms with van der Waals surface area (Å²) in [5.41, 5.74) is 0. The summed E-state index contributed by atoms with van der Waals surface area (Å²) >= 11 is 12.7. The van der Waals surface area contributed by atoms with Gasteiger partial charge < -0.3 is 15.3 Å². The van der Waals surface area contributed by atoms with Gasteiger partial charge in [0.1, 0.15) is 6.23 Å². The lowest BCUT2D eigenvalue weighted by molar-refractivity contribution is -0.106. The van der Waals surface area contributed by atoms with E-state index in [-0.39, 0.29) is 23.3 Å². The number of hydrogen-bond acceptors (Lipinski definition) is 4. The van der Waals surface area contributed by atoms with E-state index in [1.165, 1.54) is 57.8 Å². The molecule has 4 nitrogen and oxygen atoms in total. The second-order valence-corrected chi connectivity index (χ2v) is 13.4. The monoisotopic (exact) mass is 505 g/mol. The van der Waals surface area contributed by atoms with Gasteiger partial charge in [0.05, 0.1) is 0 Å². The molecular weight excluding hydrogens is 457 g/mol. The Morgan fingerprint density at radius 3 is 1.82 bits per heavy atom. The van der Waals surface area contributed by atoms with Gasteiger partial charge >= 0.3 is 0 Å². The summed E-state index contributed by atoms with van der Waals surface area (Å²) in [5.74, 6) is 3.21. The van der Waals surface area contributed by atoms with Crippen LogP contribution in [0.4, 0.5) is 0 Å². The Morgan fingerprint density at radius 2 is 1.27 bits per heavy atom. The molecule has 0 saturated heterocycles. The van der Waals surface area contributed by atoms with Gasteiger partial charge in [-0.1, -0.05) is 33.6 Å². The van der Waals surface area contributed by atoms with Crippen LogP contribution in [0.3, 0.4) is 0 Å². The number of nitrogens with one attached hydrogen (secondary N) is 1. The molecule has 3 fully saturated rings. The van der Waals surface area contributed by atoms with E-state index in [0.29, 0.717) is 36.5 Å². The maximum Gasteiger partial charge on any atom is 0.154 e. The lowest BCUT2D eigenvalue weighted by atomic mass is 9.69. The van der Waals surface area contributed by atoms with Crippen molar-refractivity contribution in [1.82, 2.24) is 5.32 Å². The second-order valence-electron chi connectivity index (χ2n) is 12.1. The summed E-state index contributed by atoms with van der Waals surface area (Å²) in [5, 5.41) is 34.1. The molecule has 3 aliphatic rings. The van der Waals surface area contributed by atoms with Crippen LogP contribution in [0.25, 0.3) is 0 Å². The average molecular weight is 507 g/mol. The fraction of sp³-hybridized carbons (Fsp3) is 1.00. The molecule has 0 aromatic heterocycles. The standard InChI is InChI=1S/C27H49Cl2NO3/c1-16(2)25(30-26(31)21-13-22(27(32)33)15-24(29)14-21)17(3)12-18-4-6-19(7-5-18)20-8-10-23(28)11-9-20/h16-27,30-33H,4-15H2,1-3H3/t17?,18?,19?,20?,21?,22?,23?,24?,25-,26?/m1/s1. The maximum absolute atomic E-state index is 11.0. The normalized spacial score (nSPS) is 38.9. The van der Waals surface area contributed by atoms with Crippen molar-refractivity contribution in [2.75, 3.05) is 0 Å². The van der Waals surface area contributed by atoms with E-state index < -0.39 is 12.5 Å². The topological polar surface area (TPSA) is 72.7 Å². The Hall–Kier alpha value is 0.420. The van der Waals surface area contributed by atoms with Crippen LogP contribution >= 0.6 is 23.2 Å². The first kappa shape index (κ1) is 28.0. The lowest BCUT2D eigenvalue weighted by Gasteiger charge is -2.40. The zero-order valence-electron chi connectivity index (χ0n) is 21.0. The van der Waals surface area contributed by atoms with Crippen molar-refractivity contribution in [2.24, 2.45) is 41.4 Å². The smallest absolute Gasteiger partial charge is 0.154 e. The highest BCUT2D eigenvalue weighted by Gasteiger charge is 2.37. The lowest BCUT2D eigenvalue weighted by Crippen LogP contribution is -2.50. The Labute approximate surface area is 212 Å². The first-order valence-corrected chi connectivity index (χ1v) is 14.6. The van der Waals surface area contributed by atoms with Gasteiger partial charge in [-0.2, -0.15) is 0 Å². The van der Waals surface area contributed by atoms with Gasteiger partial charge in [-0.05, 0) is 93.8 Å². The molecule has 0 heterocycles. The molecule has 6 atom stereocenters. The fourth-order valence-corrected chi connectivity index (χ4v) is 8.01. The maximum atomic E-state index is 11.0. The molecule has 5 unspecified atom stereocenters. The molecule has 194 valence electrons. The van der Waals surface area contributed by atoms with Crippen molar-refractivity contribution in [3.63, 3.8) is 0 Å². The van der Waals surface area contributed by atoms with Crippen LogP contribution in [0.1, 0.15) is 97.8 Å². The largest absolute Gasteiger partial charge is 0.378 e. The van der Waals surface area contributed by atoms with Crippen molar-refractivity contribution in [1.29, 1.82) is 0 Å². The van der Waals surface area contributed by atoms with Crippen molar-refractivity contribution in [3.05, 3.63) is 0 Å². The minimum atomic E-state index is -1.36.